The number of likely N-dealkylation sites (tertiary alicyclic amines) is 1. The lowest BCUT2D eigenvalue weighted by Gasteiger charge is -2.15. The quantitative estimate of drug-likeness (QED) is 0.506. The smallest absolute Gasteiger partial charge is 0.339 e. The number of esters is 1. The minimum absolute atomic E-state index is 0.134. The van der Waals surface area contributed by atoms with Crippen LogP contribution in [-0.4, -0.2) is 41.9 Å². The van der Waals surface area contributed by atoms with Crippen LogP contribution in [0, 0.1) is 0 Å². The average molecular weight is 402 g/mol. The van der Waals surface area contributed by atoms with Crippen molar-refractivity contribution in [2.75, 3.05) is 25.1 Å². The SMILES string of the molecule is CSc1ccc(COC(=O)c2ccccc2SCC(=O)N2CCCC2)cc1. The predicted molar refractivity (Wildman–Crippen MR) is 110 cm³/mol. The summed E-state index contributed by atoms with van der Waals surface area (Å²) in [7, 11) is 0. The number of thioether (sulfide) groups is 2. The van der Waals surface area contributed by atoms with Gasteiger partial charge in [-0.1, -0.05) is 24.3 Å². The van der Waals surface area contributed by atoms with E-state index in [0.29, 0.717) is 11.3 Å². The van der Waals surface area contributed by atoms with Crippen LogP contribution < -0.4 is 0 Å². The topological polar surface area (TPSA) is 46.6 Å². The molecule has 2 aromatic carbocycles. The molecule has 0 spiro atoms. The van der Waals surface area contributed by atoms with E-state index in [1.54, 1.807) is 17.8 Å². The van der Waals surface area contributed by atoms with Gasteiger partial charge in [0.2, 0.25) is 5.91 Å². The Kier molecular flexibility index (Phi) is 7.24. The van der Waals surface area contributed by atoms with Gasteiger partial charge in [0.15, 0.2) is 0 Å². The molecule has 1 amide bonds. The van der Waals surface area contributed by atoms with Crippen LogP contribution in [0.25, 0.3) is 0 Å². The van der Waals surface area contributed by atoms with Crippen molar-refractivity contribution in [2.24, 2.45) is 0 Å². The molecule has 0 atom stereocenters. The zero-order chi connectivity index (χ0) is 19.1. The summed E-state index contributed by atoms with van der Waals surface area (Å²) < 4.78 is 5.48. The van der Waals surface area contributed by atoms with Crippen LogP contribution in [0.3, 0.4) is 0 Å². The third-order valence-corrected chi connectivity index (χ3v) is 6.25. The van der Waals surface area contributed by atoms with Gasteiger partial charge in [0.1, 0.15) is 6.61 Å². The van der Waals surface area contributed by atoms with E-state index in [9.17, 15) is 9.59 Å². The summed E-state index contributed by atoms with van der Waals surface area (Å²) >= 11 is 3.08. The summed E-state index contributed by atoms with van der Waals surface area (Å²) in [5.41, 5.74) is 1.47. The van der Waals surface area contributed by atoms with Crippen molar-refractivity contribution in [1.29, 1.82) is 0 Å². The summed E-state index contributed by atoms with van der Waals surface area (Å²) in [6, 6.07) is 15.3. The Labute approximate surface area is 168 Å². The van der Waals surface area contributed by atoms with Gasteiger partial charge in [-0.15, -0.1) is 23.5 Å². The molecule has 1 fully saturated rings. The zero-order valence-corrected chi connectivity index (χ0v) is 17.0. The predicted octanol–water partition coefficient (Wildman–Crippen LogP) is 4.48. The molecule has 0 bridgehead atoms. The highest BCUT2D eigenvalue weighted by Crippen LogP contribution is 2.25. The number of carbonyl (C=O) groups excluding carboxylic acids is 2. The average Bonchev–Trinajstić information content (AvgIpc) is 3.26. The van der Waals surface area contributed by atoms with Gasteiger partial charge < -0.3 is 9.64 Å². The van der Waals surface area contributed by atoms with Gasteiger partial charge in [-0.25, -0.2) is 4.79 Å². The van der Waals surface area contributed by atoms with Gasteiger partial charge in [-0.2, -0.15) is 0 Å². The standard InChI is InChI=1S/C21H23NO3S2/c1-26-17-10-8-16(9-11-17)14-25-21(24)18-6-2-3-7-19(18)27-15-20(23)22-12-4-5-13-22/h2-3,6-11H,4-5,12-15H2,1H3. The third kappa shape index (κ3) is 5.53. The van der Waals surface area contributed by atoms with Gasteiger partial charge in [-0.05, 0) is 48.9 Å². The molecule has 0 radical (unpaired) electrons. The van der Waals surface area contributed by atoms with E-state index < -0.39 is 0 Å². The van der Waals surface area contributed by atoms with E-state index in [1.165, 1.54) is 16.7 Å². The molecule has 4 nitrogen and oxygen atoms in total. The van der Waals surface area contributed by atoms with Crippen LogP contribution in [0.5, 0.6) is 0 Å². The van der Waals surface area contributed by atoms with Crippen LogP contribution in [-0.2, 0) is 16.1 Å². The van der Waals surface area contributed by atoms with Crippen LogP contribution in [0.1, 0.15) is 28.8 Å². The Morgan fingerprint density at radius 3 is 2.44 bits per heavy atom. The largest absolute Gasteiger partial charge is 0.457 e. The highest BCUT2D eigenvalue weighted by Gasteiger charge is 2.19. The minimum Gasteiger partial charge on any atom is -0.457 e. The van der Waals surface area contributed by atoms with Crippen LogP contribution in [0.2, 0.25) is 0 Å². The number of carbonyl (C=O) groups is 2. The first-order valence-electron chi connectivity index (χ1n) is 8.97. The fourth-order valence-corrected chi connectivity index (χ4v) is 4.26. The number of benzene rings is 2. The Hall–Kier alpha value is -1.92. The van der Waals surface area contributed by atoms with Gasteiger partial charge >= 0.3 is 5.97 Å². The molecule has 1 aliphatic heterocycles. The molecule has 142 valence electrons. The summed E-state index contributed by atoms with van der Waals surface area (Å²) in [5.74, 6) is 0.121. The first kappa shape index (κ1) is 19.8. The molecule has 0 saturated carbocycles. The second-order valence-electron chi connectivity index (χ2n) is 6.30. The van der Waals surface area contributed by atoms with E-state index in [4.69, 9.17) is 4.74 Å². The molecule has 1 saturated heterocycles. The first-order valence-corrected chi connectivity index (χ1v) is 11.2. The Balaban J connectivity index is 1.58. The van der Waals surface area contributed by atoms with Gasteiger partial charge in [0.05, 0.1) is 11.3 Å². The highest BCUT2D eigenvalue weighted by atomic mass is 32.2. The first-order chi connectivity index (χ1) is 13.2. The monoisotopic (exact) mass is 401 g/mol. The van der Waals surface area contributed by atoms with E-state index in [2.05, 4.69) is 0 Å². The van der Waals surface area contributed by atoms with Crippen molar-refractivity contribution in [3.05, 3.63) is 59.7 Å². The molecule has 3 rings (SSSR count). The molecule has 2 aromatic rings. The Morgan fingerprint density at radius 2 is 1.74 bits per heavy atom. The van der Waals surface area contributed by atoms with E-state index in [1.807, 2.05) is 53.6 Å². The normalized spacial score (nSPS) is 13.6. The maximum Gasteiger partial charge on any atom is 0.339 e. The second kappa shape index (κ2) is 9.85. The number of rotatable bonds is 7. The fourth-order valence-electron chi connectivity index (χ4n) is 2.91. The molecule has 0 aromatic heterocycles. The maximum atomic E-state index is 12.5. The second-order valence-corrected chi connectivity index (χ2v) is 8.19. The third-order valence-electron chi connectivity index (χ3n) is 4.45. The Bertz CT molecular complexity index is 786. The van der Waals surface area contributed by atoms with Crippen LogP contribution in [0.15, 0.2) is 58.3 Å². The fraction of sp³-hybridized carbons (Fsp3) is 0.333. The van der Waals surface area contributed by atoms with Crippen LogP contribution in [0.4, 0.5) is 0 Å². The summed E-state index contributed by atoms with van der Waals surface area (Å²) in [6.45, 7) is 1.93. The molecule has 0 N–H and O–H groups in total. The van der Waals surface area contributed by atoms with Crippen molar-refractivity contribution in [1.82, 2.24) is 4.90 Å². The van der Waals surface area contributed by atoms with Crippen molar-refractivity contribution < 1.29 is 14.3 Å². The van der Waals surface area contributed by atoms with Gasteiger partial charge in [0.25, 0.3) is 0 Å². The molecule has 27 heavy (non-hydrogen) atoms. The summed E-state index contributed by atoms with van der Waals surface area (Å²) in [6.07, 6.45) is 4.19. The lowest BCUT2D eigenvalue weighted by Crippen LogP contribution is -2.29. The van der Waals surface area contributed by atoms with Crippen molar-refractivity contribution in [2.45, 2.75) is 29.2 Å². The molecule has 0 aliphatic carbocycles. The van der Waals surface area contributed by atoms with Gasteiger partial charge in [-0.3, -0.25) is 4.79 Å². The summed E-state index contributed by atoms with van der Waals surface area (Å²) in [4.78, 5) is 28.6. The van der Waals surface area contributed by atoms with Gasteiger partial charge in [0, 0.05) is 22.9 Å². The van der Waals surface area contributed by atoms with Crippen LogP contribution >= 0.6 is 23.5 Å². The number of nitrogens with zero attached hydrogens (tertiary/aromatic N) is 1. The molecule has 6 heteroatoms. The van der Waals surface area contributed by atoms with E-state index in [0.717, 1.165) is 36.4 Å². The molecular weight excluding hydrogens is 378 g/mol. The number of hydrogen-bond acceptors (Lipinski definition) is 5. The highest BCUT2D eigenvalue weighted by molar-refractivity contribution is 8.00. The summed E-state index contributed by atoms with van der Waals surface area (Å²) in [5, 5.41) is 0. The minimum atomic E-state index is -0.360. The zero-order valence-electron chi connectivity index (χ0n) is 15.3. The molecule has 1 heterocycles. The lowest BCUT2D eigenvalue weighted by atomic mass is 10.2. The molecular formula is C21H23NO3S2. The molecule has 0 unspecified atom stereocenters. The number of amides is 1. The lowest BCUT2D eigenvalue weighted by molar-refractivity contribution is -0.127. The number of ether oxygens (including phenoxy) is 1. The Morgan fingerprint density at radius 1 is 1.04 bits per heavy atom. The molecule has 1 aliphatic rings. The van der Waals surface area contributed by atoms with Crippen molar-refractivity contribution >= 4 is 35.4 Å². The maximum absolute atomic E-state index is 12.5. The van der Waals surface area contributed by atoms with Crippen molar-refractivity contribution in [3.8, 4) is 0 Å². The van der Waals surface area contributed by atoms with Crippen molar-refractivity contribution in [3.63, 3.8) is 0 Å². The van der Waals surface area contributed by atoms with E-state index >= 15 is 0 Å². The van der Waals surface area contributed by atoms with E-state index in [-0.39, 0.29) is 18.5 Å². The number of hydrogen-bond donors (Lipinski definition) is 0.